The number of carbonyl (C=O) groups is 1. The Labute approximate surface area is 118 Å². The lowest BCUT2D eigenvalue weighted by Gasteiger charge is -2.24. The first-order valence-electron chi connectivity index (χ1n) is 6.24. The lowest BCUT2D eigenvalue weighted by Crippen LogP contribution is -2.36. The van der Waals surface area contributed by atoms with E-state index in [2.05, 4.69) is 0 Å². The average Bonchev–Trinajstić information content (AvgIpc) is 2.33. The molecule has 0 unspecified atom stereocenters. The molecule has 1 aromatic rings. The van der Waals surface area contributed by atoms with Crippen molar-refractivity contribution in [3.8, 4) is 0 Å². The number of halogens is 1. The number of nitrogens with zero attached hydrogens (tertiary/aromatic N) is 1. The summed E-state index contributed by atoms with van der Waals surface area (Å²) in [4.78, 5) is 14.3. The minimum atomic E-state index is -0.503. The summed E-state index contributed by atoms with van der Waals surface area (Å²) in [5.41, 5.74) is 5.55. The van der Waals surface area contributed by atoms with Crippen LogP contribution >= 0.6 is 12.2 Å². The molecule has 0 heterocycles. The van der Waals surface area contributed by atoms with E-state index in [1.165, 1.54) is 12.1 Å². The molecule has 0 atom stereocenters. The predicted molar refractivity (Wildman–Crippen MR) is 78.5 cm³/mol. The van der Waals surface area contributed by atoms with E-state index < -0.39 is 5.82 Å². The van der Waals surface area contributed by atoms with Crippen LogP contribution in [0, 0.1) is 11.7 Å². The van der Waals surface area contributed by atoms with E-state index in [1.807, 2.05) is 13.8 Å². The quantitative estimate of drug-likeness (QED) is 0.816. The minimum Gasteiger partial charge on any atom is -0.393 e. The molecule has 0 spiro atoms. The van der Waals surface area contributed by atoms with Gasteiger partial charge in [-0.1, -0.05) is 38.2 Å². The Balaban J connectivity index is 2.87. The van der Waals surface area contributed by atoms with Gasteiger partial charge < -0.3 is 10.6 Å². The van der Waals surface area contributed by atoms with E-state index in [0.717, 1.165) is 0 Å². The van der Waals surface area contributed by atoms with Crippen LogP contribution in [0.1, 0.15) is 30.6 Å². The molecular weight excluding hydrogens is 263 g/mol. The third-order valence-electron chi connectivity index (χ3n) is 2.61. The Morgan fingerprint density at radius 3 is 2.58 bits per heavy atom. The second-order valence-corrected chi connectivity index (χ2v) is 5.37. The smallest absolute Gasteiger partial charge is 0.256 e. The van der Waals surface area contributed by atoms with Crippen LogP contribution in [0.15, 0.2) is 24.3 Å². The Morgan fingerprint density at radius 2 is 2.05 bits per heavy atom. The lowest BCUT2D eigenvalue weighted by atomic mass is 10.1. The van der Waals surface area contributed by atoms with Crippen LogP contribution in [0.4, 0.5) is 4.39 Å². The van der Waals surface area contributed by atoms with Crippen molar-refractivity contribution >= 4 is 23.1 Å². The molecule has 0 bridgehead atoms. The summed E-state index contributed by atoms with van der Waals surface area (Å²) in [7, 11) is 0. The van der Waals surface area contributed by atoms with Gasteiger partial charge in [0.15, 0.2) is 0 Å². The molecule has 5 heteroatoms. The zero-order valence-corrected chi connectivity index (χ0v) is 12.0. The molecule has 0 fully saturated rings. The number of hydrogen-bond acceptors (Lipinski definition) is 2. The molecule has 1 rings (SSSR count). The normalized spacial score (nSPS) is 10.5. The van der Waals surface area contributed by atoms with Gasteiger partial charge in [0.05, 0.1) is 10.6 Å². The maximum absolute atomic E-state index is 13.6. The van der Waals surface area contributed by atoms with Crippen molar-refractivity contribution in [2.75, 3.05) is 13.1 Å². The van der Waals surface area contributed by atoms with E-state index in [4.69, 9.17) is 18.0 Å². The third kappa shape index (κ3) is 4.95. The number of amides is 1. The molecule has 1 aromatic carbocycles. The van der Waals surface area contributed by atoms with E-state index in [1.54, 1.807) is 17.0 Å². The molecule has 2 N–H and O–H groups in total. The van der Waals surface area contributed by atoms with Gasteiger partial charge >= 0.3 is 0 Å². The van der Waals surface area contributed by atoms with Crippen LogP contribution in [0.25, 0.3) is 0 Å². The first kappa shape index (κ1) is 15.6. The largest absolute Gasteiger partial charge is 0.393 e. The highest BCUT2D eigenvalue weighted by atomic mass is 32.1. The maximum atomic E-state index is 13.6. The van der Waals surface area contributed by atoms with E-state index in [0.29, 0.717) is 30.4 Å². The summed E-state index contributed by atoms with van der Waals surface area (Å²) >= 11 is 4.82. The van der Waals surface area contributed by atoms with Crippen molar-refractivity contribution < 1.29 is 9.18 Å². The first-order chi connectivity index (χ1) is 8.91. The van der Waals surface area contributed by atoms with Crippen molar-refractivity contribution in [1.29, 1.82) is 0 Å². The van der Waals surface area contributed by atoms with E-state index >= 15 is 0 Å². The van der Waals surface area contributed by atoms with Crippen LogP contribution < -0.4 is 5.73 Å². The Bertz CT molecular complexity index is 463. The summed E-state index contributed by atoms with van der Waals surface area (Å²) in [5.74, 6) is -0.526. The van der Waals surface area contributed by atoms with E-state index in [-0.39, 0.29) is 11.5 Å². The van der Waals surface area contributed by atoms with Crippen LogP contribution in [-0.4, -0.2) is 28.9 Å². The highest BCUT2D eigenvalue weighted by Gasteiger charge is 2.19. The topological polar surface area (TPSA) is 46.3 Å². The molecule has 1 amide bonds. The monoisotopic (exact) mass is 282 g/mol. The van der Waals surface area contributed by atoms with Crippen molar-refractivity contribution in [3.05, 3.63) is 35.6 Å². The summed E-state index contributed by atoms with van der Waals surface area (Å²) in [6, 6.07) is 5.99. The van der Waals surface area contributed by atoms with Gasteiger partial charge in [0.25, 0.3) is 5.91 Å². The zero-order chi connectivity index (χ0) is 14.4. The predicted octanol–water partition coefficient (Wildman–Crippen LogP) is 2.60. The maximum Gasteiger partial charge on any atom is 0.256 e. The fourth-order valence-corrected chi connectivity index (χ4v) is 1.86. The molecule has 0 aromatic heterocycles. The molecule has 0 aliphatic rings. The highest BCUT2D eigenvalue weighted by Crippen LogP contribution is 2.12. The zero-order valence-electron chi connectivity index (χ0n) is 11.2. The summed E-state index contributed by atoms with van der Waals surface area (Å²) < 4.78 is 13.6. The SMILES string of the molecule is CC(C)CN(CCC(N)=S)C(=O)c1ccccc1F. The molecule has 19 heavy (non-hydrogen) atoms. The van der Waals surface area contributed by atoms with Gasteiger partial charge in [-0.25, -0.2) is 4.39 Å². The molecule has 0 aliphatic heterocycles. The van der Waals surface area contributed by atoms with Crippen LogP contribution in [-0.2, 0) is 0 Å². The standard InChI is InChI=1S/C14H19FN2OS/c1-10(2)9-17(8-7-13(16)19)14(18)11-5-3-4-6-12(11)15/h3-6,10H,7-9H2,1-2H3,(H2,16,19). The fraction of sp³-hybridized carbons (Fsp3) is 0.429. The molecule has 0 saturated carbocycles. The average molecular weight is 282 g/mol. The van der Waals surface area contributed by atoms with Gasteiger partial charge in [-0.15, -0.1) is 0 Å². The van der Waals surface area contributed by atoms with Gasteiger partial charge in [0.1, 0.15) is 5.82 Å². The Hall–Kier alpha value is -1.49. The van der Waals surface area contributed by atoms with Crippen LogP contribution in [0.5, 0.6) is 0 Å². The number of carbonyl (C=O) groups excluding carboxylic acids is 1. The molecule has 0 aliphatic carbocycles. The van der Waals surface area contributed by atoms with Gasteiger partial charge in [0.2, 0.25) is 0 Å². The second-order valence-electron chi connectivity index (χ2n) is 4.84. The second kappa shape index (κ2) is 7.19. The fourth-order valence-electron chi connectivity index (χ4n) is 1.77. The van der Waals surface area contributed by atoms with Gasteiger partial charge in [-0.05, 0) is 18.1 Å². The highest BCUT2D eigenvalue weighted by molar-refractivity contribution is 7.80. The number of nitrogens with two attached hydrogens (primary N) is 1. The Morgan fingerprint density at radius 1 is 1.42 bits per heavy atom. The van der Waals surface area contributed by atoms with Crippen molar-refractivity contribution in [3.63, 3.8) is 0 Å². The molecule has 104 valence electrons. The van der Waals surface area contributed by atoms with E-state index in [9.17, 15) is 9.18 Å². The van der Waals surface area contributed by atoms with Gasteiger partial charge in [-0.3, -0.25) is 4.79 Å². The van der Waals surface area contributed by atoms with Crippen LogP contribution in [0.2, 0.25) is 0 Å². The van der Waals surface area contributed by atoms with Crippen molar-refractivity contribution in [1.82, 2.24) is 4.90 Å². The summed E-state index contributed by atoms with van der Waals surface area (Å²) in [5, 5.41) is 0. The minimum absolute atomic E-state index is 0.0890. The Kier molecular flexibility index (Phi) is 5.89. The van der Waals surface area contributed by atoms with Crippen molar-refractivity contribution in [2.24, 2.45) is 11.7 Å². The molecule has 0 saturated heterocycles. The third-order valence-corrected chi connectivity index (χ3v) is 2.81. The number of thiocarbonyl (C=S) groups is 1. The van der Waals surface area contributed by atoms with Gasteiger partial charge in [-0.2, -0.15) is 0 Å². The number of rotatable bonds is 6. The number of benzene rings is 1. The lowest BCUT2D eigenvalue weighted by molar-refractivity contribution is 0.0736. The molecular formula is C14H19FN2OS. The summed E-state index contributed by atoms with van der Waals surface area (Å²) in [6.07, 6.45) is 0.447. The van der Waals surface area contributed by atoms with Gasteiger partial charge in [0, 0.05) is 19.5 Å². The van der Waals surface area contributed by atoms with Crippen molar-refractivity contribution in [2.45, 2.75) is 20.3 Å². The molecule has 3 nitrogen and oxygen atoms in total. The van der Waals surface area contributed by atoms with Crippen LogP contribution in [0.3, 0.4) is 0 Å². The summed E-state index contributed by atoms with van der Waals surface area (Å²) in [6.45, 7) is 4.97. The molecule has 0 radical (unpaired) electrons. The number of hydrogen-bond donors (Lipinski definition) is 1. The first-order valence-corrected chi connectivity index (χ1v) is 6.64.